The van der Waals surface area contributed by atoms with Crippen molar-refractivity contribution < 1.29 is 0 Å². The van der Waals surface area contributed by atoms with Crippen LogP contribution in [0.2, 0.25) is 0 Å². The lowest BCUT2D eigenvalue weighted by molar-refractivity contribution is -0.0227. The van der Waals surface area contributed by atoms with Gasteiger partial charge < -0.3 is 5.73 Å². The molecule has 2 fully saturated rings. The Morgan fingerprint density at radius 2 is 1.71 bits per heavy atom. The quantitative estimate of drug-likeness (QED) is 0.790. The first kappa shape index (κ1) is 11.1. The first-order valence-corrected chi connectivity index (χ1v) is 6.78. The van der Waals surface area contributed by atoms with Crippen LogP contribution in [0.25, 0.3) is 0 Å². The highest BCUT2D eigenvalue weighted by Crippen LogP contribution is 2.47. The van der Waals surface area contributed by atoms with Gasteiger partial charge in [0.25, 0.3) is 0 Å². The number of rotatable bonds is 2. The van der Waals surface area contributed by atoms with E-state index in [1.54, 1.807) is 0 Å². The maximum atomic E-state index is 5.73. The SMILES string of the molecule is CC(c1ccc(N)cc1)N1CC2(CCCC2)C1. The number of anilines is 1. The molecule has 1 saturated carbocycles. The van der Waals surface area contributed by atoms with Crippen LogP contribution in [0.1, 0.15) is 44.2 Å². The predicted molar refractivity (Wildman–Crippen MR) is 71.7 cm³/mol. The number of hydrogen-bond donors (Lipinski definition) is 1. The zero-order valence-electron chi connectivity index (χ0n) is 10.7. The van der Waals surface area contributed by atoms with Crippen LogP contribution in [-0.2, 0) is 0 Å². The van der Waals surface area contributed by atoms with Gasteiger partial charge in [0, 0.05) is 24.8 Å². The molecule has 0 bridgehead atoms. The van der Waals surface area contributed by atoms with Gasteiger partial charge in [0.05, 0.1) is 0 Å². The van der Waals surface area contributed by atoms with Gasteiger partial charge >= 0.3 is 0 Å². The summed E-state index contributed by atoms with van der Waals surface area (Å²) in [7, 11) is 0. The predicted octanol–water partition coefficient (Wildman–Crippen LogP) is 3.21. The van der Waals surface area contributed by atoms with Gasteiger partial charge in [-0.2, -0.15) is 0 Å². The van der Waals surface area contributed by atoms with Crippen LogP contribution in [0.4, 0.5) is 5.69 Å². The molecule has 2 nitrogen and oxygen atoms in total. The van der Waals surface area contributed by atoms with Gasteiger partial charge in [-0.25, -0.2) is 0 Å². The molecule has 1 aliphatic carbocycles. The van der Waals surface area contributed by atoms with Crippen LogP contribution in [0, 0.1) is 5.41 Å². The number of nitrogens with zero attached hydrogens (tertiary/aromatic N) is 1. The van der Waals surface area contributed by atoms with Crippen molar-refractivity contribution in [3.63, 3.8) is 0 Å². The van der Waals surface area contributed by atoms with Gasteiger partial charge in [0.15, 0.2) is 0 Å². The molecule has 1 saturated heterocycles. The minimum atomic E-state index is 0.543. The molecular formula is C15H22N2. The summed E-state index contributed by atoms with van der Waals surface area (Å²) in [6, 6.07) is 8.90. The summed E-state index contributed by atoms with van der Waals surface area (Å²) in [4.78, 5) is 2.61. The summed E-state index contributed by atoms with van der Waals surface area (Å²) < 4.78 is 0. The van der Waals surface area contributed by atoms with E-state index in [-0.39, 0.29) is 0 Å². The lowest BCUT2D eigenvalue weighted by atomic mass is 9.77. The van der Waals surface area contributed by atoms with E-state index in [2.05, 4.69) is 24.0 Å². The molecule has 3 rings (SSSR count). The monoisotopic (exact) mass is 230 g/mol. The maximum absolute atomic E-state index is 5.73. The highest BCUT2D eigenvalue weighted by atomic mass is 15.2. The van der Waals surface area contributed by atoms with Gasteiger partial charge in [0.1, 0.15) is 0 Å². The second kappa shape index (κ2) is 4.02. The smallest absolute Gasteiger partial charge is 0.0320 e. The van der Waals surface area contributed by atoms with E-state index < -0.39 is 0 Å². The molecular weight excluding hydrogens is 208 g/mol. The Balaban J connectivity index is 1.64. The van der Waals surface area contributed by atoms with Crippen molar-refractivity contribution in [2.45, 2.75) is 38.6 Å². The zero-order chi connectivity index (χ0) is 11.9. The minimum absolute atomic E-state index is 0.543. The first-order valence-electron chi connectivity index (χ1n) is 6.78. The molecule has 17 heavy (non-hydrogen) atoms. The largest absolute Gasteiger partial charge is 0.399 e. The molecule has 92 valence electrons. The van der Waals surface area contributed by atoms with Gasteiger partial charge in [-0.15, -0.1) is 0 Å². The zero-order valence-corrected chi connectivity index (χ0v) is 10.7. The lowest BCUT2D eigenvalue weighted by Crippen LogP contribution is -2.55. The third kappa shape index (κ3) is 1.95. The third-order valence-electron chi connectivity index (χ3n) is 4.71. The fourth-order valence-electron chi connectivity index (χ4n) is 3.52. The second-order valence-electron chi connectivity index (χ2n) is 5.95. The molecule has 1 unspecified atom stereocenters. The van der Waals surface area contributed by atoms with Gasteiger partial charge in [-0.3, -0.25) is 4.90 Å². The number of hydrogen-bond acceptors (Lipinski definition) is 2. The van der Waals surface area contributed by atoms with E-state index in [4.69, 9.17) is 5.73 Å². The normalized spacial score (nSPS) is 24.8. The molecule has 1 aliphatic heterocycles. The Morgan fingerprint density at radius 1 is 1.12 bits per heavy atom. The second-order valence-corrected chi connectivity index (χ2v) is 5.95. The van der Waals surface area contributed by atoms with Crippen LogP contribution in [-0.4, -0.2) is 18.0 Å². The summed E-state index contributed by atoms with van der Waals surface area (Å²) in [5.41, 5.74) is 8.68. The van der Waals surface area contributed by atoms with Crippen molar-refractivity contribution in [1.29, 1.82) is 0 Å². The highest BCUT2D eigenvalue weighted by molar-refractivity contribution is 5.40. The van der Waals surface area contributed by atoms with Crippen molar-refractivity contribution >= 4 is 5.69 Å². The summed E-state index contributed by atoms with van der Waals surface area (Å²) in [6.45, 7) is 4.92. The average molecular weight is 230 g/mol. The molecule has 1 aromatic rings. The average Bonchev–Trinajstić information content (AvgIpc) is 2.76. The summed E-state index contributed by atoms with van der Waals surface area (Å²) in [6.07, 6.45) is 5.81. The lowest BCUT2D eigenvalue weighted by Gasteiger charge is -2.51. The van der Waals surface area contributed by atoms with E-state index in [1.807, 2.05) is 12.1 Å². The number of nitrogens with two attached hydrogens (primary N) is 1. The molecule has 2 aliphatic rings. The van der Waals surface area contributed by atoms with Crippen molar-refractivity contribution in [2.24, 2.45) is 5.41 Å². The van der Waals surface area contributed by atoms with Gasteiger partial charge in [-0.05, 0) is 42.9 Å². The summed E-state index contributed by atoms with van der Waals surface area (Å²) >= 11 is 0. The Hall–Kier alpha value is -1.02. The topological polar surface area (TPSA) is 29.3 Å². The van der Waals surface area contributed by atoms with Crippen LogP contribution >= 0.6 is 0 Å². The van der Waals surface area contributed by atoms with Crippen LogP contribution in [0.3, 0.4) is 0 Å². The van der Waals surface area contributed by atoms with E-state index in [0.717, 1.165) is 5.69 Å². The van der Waals surface area contributed by atoms with Crippen molar-refractivity contribution in [2.75, 3.05) is 18.8 Å². The maximum Gasteiger partial charge on any atom is 0.0320 e. The Morgan fingerprint density at radius 3 is 2.29 bits per heavy atom. The van der Waals surface area contributed by atoms with Crippen LogP contribution in [0.15, 0.2) is 24.3 Å². The minimum Gasteiger partial charge on any atom is -0.399 e. The first-order chi connectivity index (χ1) is 8.19. The number of benzene rings is 1. The number of nitrogen functional groups attached to an aromatic ring is 1. The number of likely N-dealkylation sites (tertiary alicyclic amines) is 1. The molecule has 0 aromatic heterocycles. The Kier molecular flexibility index (Phi) is 2.62. The molecule has 1 atom stereocenters. The molecule has 1 aromatic carbocycles. The van der Waals surface area contributed by atoms with Crippen molar-refractivity contribution in [3.8, 4) is 0 Å². The van der Waals surface area contributed by atoms with Crippen molar-refractivity contribution in [1.82, 2.24) is 4.90 Å². The van der Waals surface area contributed by atoms with Crippen molar-refractivity contribution in [3.05, 3.63) is 29.8 Å². The third-order valence-corrected chi connectivity index (χ3v) is 4.71. The fourth-order valence-corrected chi connectivity index (χ4v) is 3.52. The molecule has 2 heteroatoms. The van der Waals surface area contributed by atoms with Crippen LogP contribution in [0.5, 0.6) is 0 Å². The molecule has 1 spiro atoms. The summed E-state index contributed by atoms with van der Waals surface area (Å²) in [5.74, 6) is 0. The molecule has 0 amide bonds. The standard InChI is InChI=1S/C15H22N2/c1-12(13-4-6-14(16)7-5-13)17-10-15(11-17)8-2-3-9-15/h4-7,12H,2-3,8-11,16H2,1H3. The molecule has 1 heterocycles. The Labute approximate surface area is 104 Å². The molecule has 2 N–H and O–H groups in total. The Bertz CT molecular complexity index is 382. The van der Waals surface area contributed by atoms with E-state index in [0.29, 0.717) is 11.5 Å². The summed E-state index contributed by atoms with van der Waals surface area (Å²) in [5, 5.41) is 0. The van der Waals surface area contributed by atoms with Gasteiger partial charge in [-0.1, -0.05) is 25.0 Å². The highest BCUT2D eigenvalue weighted by Gasteiger charge is 2.45. The van der Waals surface area contributed by atoms with E-state index in [9.17, 15) is 0 Å². The van der Waals surface area contributed by atoms with Gasteiger partial charge in [0.2, 0.25) is 0 Å². The molecule has 0 radical (unpaired) electrons. The van der Waals surface area contributed by atoms with E-state index >= 15 is 0 Å². The van der Waals surface area contributed by atoms with E-state index in [1.165, 1.54) is 44.3 Å². The fraction of sp³-hybridized carbons (Fsp3) is 0.600. The van der Waals surface area contributed by atoms with Crippen LogP contribution < -0.4 is 5.73 Å².